The highest BCUT2D eigenvalue weighted by Gasteiger charge is 2.36. The Morgan fingerprint density at radius 2 is 1.81 bits per heavy atom. The Labute approximate surface area is 154 Å². The van der Waals surface area contributed by atoms with Gasteiger partial charge in [0.25, 0.3) is 0 Å². The van der Waals surface area contributed by atoms with Crippen molar-refractivity contribution in [3.8, 4) is 11.3 Å². The Bertz CT molecular complexity index is 725. The molecular formula is C21H27N3O2. The van der Waals surface area contributed by atoms with Gasteiger partial charge in [0.1, 0.15) is 0 Å². The van der Waals surface area contributed by atoms with Gasteiger partial charge in [-0.1, -0.05) is 49.6 Å². The van der Waals surface area contributed by atoms with E-state index < -0.39 is 0 Å². The third kappa shape index (κ3) is 3.76. The Balaban J connectivity index is 1.28. The maximum Gasteiger partial charge on any atom is 0.317 e. The lowest BCUT2D eigenvalue weighted by molar-refractivity contribution is 0.0809. The van der Waals surface area contributed by atoms with E-state index in [4.69, 9.17) is 4.42 Å². The number of oxazole rings is 1. The molecule has 5 heteroatoms. The second-order valence-electron chi connectivity index (χ2n) is 7.69. The van der Waals surface area contributed by atoms with Crippen LogP contribution in [0.3, 0.4) is 0 Å². The minimum atomic E-state index is -0.00452. The predicted molar refractivity (Wildman–Crippen MR) is 100 cm³/mol. The second kappa shape index (κ2) is 7.52. The molecule has 26 heavy (non-hydrogen) atoms. The molecule has 2 amide bonds. The second-order valence-corrected chi connectivity index (χ2v) is 7.69. The summed E-state index contributed by atoms with van der Waals surface area (Å²) in [6, 6.07) is 9.87. The smallest absolute Gasteiger partial charge is 0.317 e. The molecule has 138 valence electrons. The normalized spacial score (nSPS) is 19.5. The first kappa shape index (κ1) is 17.1. The first-order valence-corrected chi connectivity index (χ1v) is 9.77. The van der Waals surface area contributed by atoms with Crippen LogP contribution in [0.5, 0.6) is 0 Å². The molecule has 1 aliphatic heterocycles. The molecule has 1 aromatic heterocycles. The van der Waals surface area contributed by atoms with Gasteiger partial charge in [-0.05, 0) is 31.1 Å². The first-order chi connectivity index (χ1) is 12.7. The van der Waals surface area contributed by atoms with E-state index in [2.05, 4.69) is 10.3 Å². The summed E-state index contributed by atoms with van der Waals surface area (Å²) in [5.41, 5.74) is 1.51. The zero-order chi connectivity index (χ0) is 17.8. The van der Waals surface area contributed by atoms with Crippen molar-refractivity contribution in [1.82, 2.24) is 15.2 Å². The molecule has 5 nitrogen and oxygen atoms in total. The van der Waals surface area contributed by atoms with Crippen molar-refractivity contribution in [2.24, 2.45) is 5.41 Å². The van der Waals surface area contributed by atoms with Crippen LogP contribution < -0.4 is 5.32 Å². The Morgan fingerprint density at radius 1 is 1.08 bits per heavy atom. The fourth-order valence-electron chi connectivity index (χ4n) is 4.38. The molecule has 2 aromatic rings. The number of benzene rings is 1. The number of nitrogens with zero attached hydrogens (tertiary/aromatic N) is 2. The van der Waals surface area contributed by atoms with Gasteiger partial charge < -0.3 is 14.6 Å². The van der Waals surface area contributed by atoms with Crippen LogP contribution in [0.15, 0.2) is 40.9 Å². The molecule has 0 atom stereocenters. The monoisotopic (exact) mass is 353 g/mol. The number of carbonyl (C=O) groups excluding carboxylic acids is 1. The molecule has 2 aliphatic rings. The lowest BCUT2D eigenvalue weighted by Gasteiger charge is -2.44. The number of piperidine rings is 1. The Hall–Kier alpha value is -2.30. The molecule has 1 N–H and O–H groups in total. The minimum Gasteiger partial charge on any atom is -0.439 e. The summed E-state index contributed by atoms with van der Waals surface area (Å²) in [6.07, 6.45) is 10.8. The number of aromatic nitrogens is 1. The van der Waals surface area contributed by atoms with Crippen LogP contribution in [0.2, 0.25) is 0 Å². The largest absolute Gasteiger partial charge is 0.439 e. The van der Waals surface area contributed by atoms with E-state index in [0.717, 1.165) is 37.3 Å². The molecule has 1 spiro atoms. The molecule has 4 rings (SSSR count). The fourth-order valence-corrected chi connectivity index (χ4v) is 4.38. The van der Waals surface area contributed by atoms with Crippen molar-refractivity contribution in [3.05, 3.63) is 42.4 Å². The number of urea groups is 1. The summed E-state index contributed by atoms with van der Waals surface area (Å²) >= 11 is 0. The zero-order valence-corrected chi connectivity index (χ0v) is 15.2. The number of hydrogen-bond acceptors (Lipinski definition) is 3. The van der Waals surface area contributed by atoms with E-state index in [1.165, 1.54) is 32.1 Å². The van der Waals surface area contributed by atoms with E-state index in [9.17, 15) is 4.79 Å². The molecule has 1 saturated heterocycles. The SMILES string of the molecule is O=C(NCc1ncc(-c2ccccc2)o1)N1CCC2(CCCCC2)CC1. The molecule has 0 bridgehead atoms. The maximum atomic E-state index is 12.5. The Morgan fingerprint density at radius 3 is 2.54 bits per heavy atom. The maximum absolute atomic E-state index is 12.5. The van der Waals surface area contributed by atoms with Crippen LogP contribution in [0.4, 0.5) is 4.79 Å². The van der Waals surface area contributed by atoms with Gasteiger partial charge in [0.2, 0.25) is 5.89 Å². The van der Waals surface area contributed by atoms with E-state index >= 15 is 0 Å². The zero-order valence-electron chi connectivity index (χ0n) is 15.2. The van der Waals surface area contributed by atoms with Crippen molar-refractivity contribution in [3.63, 3.8) is 0 Å². The molecule has 2 heterocycles. The van der Waals surface area contributed by atoms with Crippen molar-refractivity contribution in [2.45, 2.75) is 51.5 Å². The summed E-state index contributed by atoms with van der Waals surface area (Å²) < 4.78 is 5.75. The summed E-state index contributed by atoms with van der Waals surface area (Å²) in [5.74, 6) is 1.27. The van der Waals surface area contributed by atoms with Crippen molar-refractivity contribution in [1.29, 1.82) is 0 Å². The summed E-state index contributed by atoms with van der Waals surface area (Å²) in [4.78, 5) is 18.7. The van der Waals surface area contributed by atoms with Gasteiger partial charge in [0.15, 0.2) is 5.76 Å². The number of carbonyl (C=O) groups is 1. The number of amides is 2. The van der Waals surface area contributed by atoms with Crippen LogP contribution in [0.1, 0.15) is 50.8 Å². The first-order valence-electron chi connectivity index (χ1n) is 9.77. The van der Waals surface area contributed by atoms with Gasteiger partial charge in [-0.25, -0.2) is 9.78 Å². The van der Waals surface area contributed by atoms with E-state index in [1.807, 2.05) is 35.2 Å². The lowest BCUT2D eigenvalue weighted by Crippen LogP contribution is -2.47. The number of nitrogens with one attached hydrogen (secondary N) is 1. The highest BCUT2D eigenvalue weighted by molar-refractivity contribution is 5.74. The number of hydrogen-bond donors (Lipinski definition) is 1. The van der Waals surface area contributed by atoms with Gasteiger partial charge in [-0.15, -0.1) is 0 Å². The average molecular weight is 353 g/mol. The molecule has 1 aliphatic carbocycles. The molecular weight excluding hydrogens is 326 g/mol. The molecule has 0 unspecified atom stereocenters. The third-order valence-corrected chi connectivity index (χ3v) is 6.03. The van der Waals surface area contributed by atoms with Gasteiger partial charge in [0, 0.05) is 18.7 Å². The summed E-state index contributed by atoms with van der Waals surface area (Å²) in [7, 11) is 0. The van der Waals surface area contributed by atoms with Crippen molar-refractivity contribution in [2.75, 3.05) is 13.1 Å². The quantitative estimate of drug-likeness (QED) is 0.877. The molecule has 2 fully saturated rings. The predicted octanol–water partition coefficient (Wildman–Crippen LogP) is 4.60. The standard InChI is InChI=1S/C21H27N3O2/c25-20(24-13-11-21(12-14-24)9-5-2-6-10-21)23-16-19-22-15-18(26-19)17-7-3-1-4-8-17/h1,3-4,7-8,15H,2,5-6,9-14,16H2,(H,23,25). The third-order valence-electron chi connectivity index (χ3n) is 6.03. The van der Waals surface area contributed by atoms with Crippen molar-refractivity contribution < 1.29 is 9.21 Å². The lowest BCUT2D eigenvalue weighted by atomic mass is 9.68. The van der Waals surface area contributed by atoms with Crippen LogP contribution >= 0.6 is 0 Å². The summed E-state index contributed by atoms with van der Waals surface area (Å²) in [6.45, 7) is 2.06. The van der Waals surface area contributed by atoms with Gasteiger partial charge in [-0.3, -0.25) is 0 Å². The summed E-state index contributed by atoms with van der Waals surface area (Å²) in [5, 5.41) is 2.96. The van der Waals surface area contributed by atoms with Crippen LogP contribution in [-0.2, 0) is 6.54 Å². The van der Waals surface area contributed by atoms with E-state index in [-0.39, 0.29) is 6.03 Å². The molecule has 1 saturated carbocycles. The van der Waals surface area contributed by atoms with Crippen molar-refractivity contribution >= 4 is 6.03 Å². The Kier molecular flexibility index (Phi) is 4.96. The van der Waals surface area contributed by atoms with Crippen LogP contribution in [-0.4, -0.2) is 29.0 Å². The fraction of sp³-hybridized carbons (Fsp3) is 0.524. The molecule has 0 radical (unpaired) electrons. The average Bonchev–Trinajstić information content (AvgIpc) is 3.17. The van der Waals surface area contributed by atoms with Gasteiger partial charge >= 0.3 is 6.03 Å². The van der Waals surface area contributed by atoms with E-state index in [0.29, 0.717) is 17.9 Å². The topological polar surface area (TPSA) is 58.4 Å². The number of likely N-dealkylation sites (tertiary alicyclic amines) is 1. The number of rotatable bonds is 3. The van der Waals surface area contributed by atoms with Gasteiger partial charge in [-0.2, -0.15) is 0 Å². The van der Waals surface area contributed by atoms with Crippen LogP contribution in [0.25, 0.3) is 11.3 Å². The minimum absolute atomic E-state index is 0.00452. The van der Waals surface area contributed by atoms with E-state index in [1.54, 1.807) is 6.20 Å². The van der Waals surface area contributed by atoms with Crippen LogP contribution in [0, 0.1) is 5.41 Å². The highest BCUT2D eigenvalue weighted by Crippen LogP contribution is 2.44. The highest BCUT2D eigenvalue weighted by atomic mass is 16.4. The molecule has 1 aromatic carbocycles. The van der Waals surface area contributed by atoms with Gasteiger partial charge in [0.05, 0.1) is 12.7 Å².